The Morgan fingerprint density at radius 3 is 2.28 bits per heavy atom. The zero-order chi connectivity index (χ0) is 18.2. The van der Waals surface area contributed by atoms with Gasteiger partial charge in [0.05, 0.1) is 0 Å². The molecule has 0 heterocycles. The SMILES string of the molecule is CC(=O)N[C@@H](Cc1ccc(O)cc1)C(=O)OCC(=O)c1ccccc1. The Labute approximate surface area is 145 Å². The maximum atomic E-state index is 12.2. The molecule has 2 aromatic rings. The molecule has 2 N–H and O–H groups in total. The highest BCUT2D eigenvalue weighted by Crippen LogP contribution is 2.12. The summed E-state index contributed by atoms with van der Waals surface area (Å²) in [7, 11) is 0. The van der Waals surface area contributed by atoms with Gasteiger partial charge in [-0.15, -0.1) is 0 Å². The van der Waals surface area contributed by atoms with E-state index in [4.69, 9.17) is 4.74 Å². The predicted molar refractivity (Wildman–Crippen MR) is 91.1 cm³/mol. The minimum Gasteiger partial charge on any atom is -0.508 e. The molecule has 0 fully saturated rings. The van der Waals surface area contributed by atoms with Crippen LogP contribution in [0.3, 0.4) is 0 Å². The maximum absolute atomic E-state index is 12.2. The fraction of sp³-hybridized carbons (Fsp3) is 0.211. The lowest BCUT2D eigenvalue weighted by atomic mass is 10.1. The first-order valence-corrected chi connectivity index (χ1v) is 7.75. The van der Waals surface area contributed by atoms with Crippen LogP contribution in [0, 0.1) is 0 Å². The average Bonchev–Trinajstić information content (AvgIpc) is 2.61. The third-order valence-corrected chi connectivity index (χ3v) is 3.48. The number of phenols is 1. The molecule has 0 aliphatic rings. The number of carbonyl (C=O) groups excluding carboxylic acids is 3. The van der Waals surface area contributed by atoms with Crippen LogP contribution in [0.5, 0.6) is 5.75 Å². The van der Waals surface area contributed by atoms with Crippen LogP contribution < -0.4 is 5.32 Å². The number of Topliss-reactive ketones (excluding diaryl/α,β-unsaturated/α-hetero) is 1. The summed E-state index contributed by atoms with van der Waals surface area (Å²) in [6.07, 6.45) is 0.193. The molecule has 2 aromatic carbocycles. The summed E-state index contributed by atoms with van der Waals surface area (Å²) in [6, 6.07) is 13.9. The van der Waals surface area contributed by atoms with Crippen molar-refractivity contribution in [3.63, 3.8) is 0 Å². The number of rotatable bonds is 7. The number of hydrogen-bond acceptors (Lipinski definition) is 5. The maximum Gasteiger partial charge on any atom is 0.329 e. The van der Waals surface area contributed by atoms with Gasteiger partial charge in [0.1, 0.15) is 11.8 Å². The Morgan fingerprint density at radius 1 is 1.04 bits per heavy atom. The van der Waals surface area contributed by atoms with E-state index in [1.807, 2.05) is 0 Å². The zero-order valence-electron chi connectivity index (χ0n) is 13.8. The molecule has 6 nitrogen and oxygen atoms in total. The highest BCUT2D eigenvalue weighted by Gasteiger charge is 2.22. The summed E-state index contributed by atoms with van der Waals surface area (Å²) >= 11 is 0. The van der Waals surface area contributed by atoms with Crippen molar-refractivity contribution in [3.8, 4) is 5.75 Å². The molecule has 6 heteroatoms. The van der Waals surface area contributed by atoms with Crippen LogP contribution in [0.1, 0.15) is 22.8 Å². The molecule has 0 aliphatic carbocycles. The van der Waals surface area contributed by atoms with E-state index in [0.717, 1.165) is 5.56 Å². The van der Waals surface area contributed by atoms with E-state index in [2.05, 4.69) is 5.32 Å². The summed E-state index contributed by atoms with van der Waals surface area (Å²) in [6.45, 7) is 0.904. The van der Waals surface area contributed by atoms with Crippen molar-refractivity contribution in [1.29, 1.82) is 0 Å². The van der Waals surface area contributed by atoms with Crippen LogP contribution in [0.15, 0.2) is 54.6 Å². The second-order valence-electron chi connectivity index (χ2n) is 5.52. The summed E-state index contributed by atoms with van der Waals surface area (Å²) < 4.78 is 5.06. The quantitative estimate of drug-likeness (QED) is 0.592. The fourth-order valence-electron chi connectivity index (χ4n) is 2.25. The van der Waals surface area contributed by atoms with Crippen molar-refractivity contribution in [2.75, 3.05) is 6.61 Å². The number of phenolic OH excluding ortho intramolecular Hbond substituents is 1. The van der Waals surface area contributed by atoms with E-state index in [0.29, 0.717) is 5.56 Å². The molecule has 0 aromatic heterocycles. The van der Waals surface area contributed by atoms with Crippen LogP contribution in [0.2, 0.25) is 0 Å². The Morgan fingerprint density at radius 2 is 1.68 bits per heavy atom. The molecule has 25 heavy (non-hydrogen) atoms. The first-order valence-electron chi connectivity index (χ1n) is 7.75. The number of carbonyl (C=O) groups is 3. The van der Waals surface area contributed by atoms with Crippen LogP contribution in [0.25, 0.3) is 0 Å². The van der Waals surface area contributed by atoms with Crippen LogP contribution in [0.4, 0.5) is 0 Å². The van der Waals surface area contributed by atoms with Gasteiger partial charge in [0.25, 0.3) is 0 Å². The van der Waals surface area contributed by atoms with E-state index in [-0.39, 0.29) is 23.9 Å². The highest BCUT2D eigenvalue weighted by molar-refractivity contribution is 5.98. The molecule has 0 bridgehead atoms. The summed E-state index contributed by atoms with van der Waals surface area (Å²) in [5.74, 6) is -1.28. The predicted octanol–water partition coefficient (Wildman–Crippen LogP) is 1.87. The van der Waals surface area contributed by atoms with Crippen molar-refractivity contribution >= 4 is 17.7 Å². The summed E-state index contributed by atoms with van der Waals surface area (Å²) in [5, 5.41) is 11.8. The summed E-state index contributed by atoms with van der Waals surface area (Å²) in [4.78, 5) is 35.6. The minimum atomic E-state index is -0.911. The number of ether oxygens (including phenoxy) is 1. The van der Waals surface area contributed by atoms with E-state index >= 15 is 0 Å². The third-order valence-electron chi connectivity index (χ3n) is 3.48. The smallest absolute Gasteiger partial charge is 0.329 e. The lowest BCUT2D eigenvalue weighted by molar-refractivity contribution is -0.146. The van der Waals surface area contributed by atoms with Gasteiger partial charge in [-0.3, -0.25) is 9.59 Å². The molecule has 0 aliphatic heterocycles. The minimum absolute atomic E-state index is 0.107. The monoisotopic (exact) mass is 341 g/mol. The highest BCUT2D eigenvalue weighted by atomic mass is 16.5. The van der Waals surface area contributed by atoms with Gasteiger partial charge >= 0.3 is 5.97 Å². The van der Waals surface area contributed by atoms with Crippen molar-refractivity contribution in [2.24, 2.45) is 0 Å². The number of aromatic hydroxyl groups is 1. The van der Waals surface area contributed by atoms with E-state index in [1.54, 1.807) is 42.5 Å². The molecular formula is C19H19NO5. The molecule has 0 unspecified atom stereocenters. The van der Waals surface area contributed by atoms with E-state index < -0.39 is 18.6 Å². The topological polar surface area (TPSA) is 92.7 Å². The number of nitrogens with one attached hydrogen (secondary N) is 1. The molecule has 0 saturated heterocycles. The lowest BCUT2D eigenvalue weighted by Crippen LogP contribution is -2.42. The molecule has 2 rings (SSSR count). The number of benzene rings is 2. The second-order valence-corrected chi connectivity index (χ2v) is 5.52. The Bertz CT molecular complexity index is 740. The number of esters is 1. The van der Waals surface area contributed by atoms with Crippen molar-refractivity contribution in [2.45, 2.75) is 19.4 Å². The third kappa shape index (κ3) is 5.76. The van der Waals surface area contributed by atoms with Gasteiger partial charge in [0, 0.05) is 18.9 Å². The summed E-state index contributed by atoms with van der Waals surface area (Å²) in [5.41, 5.74) is 1.19. The first kappa shape index (κ1) is 18.2. The molecule has 0 radical (unpaired) electrons. The molecule has 1 amide bonds. The van der Waals surface area contributed by atoms with Gasteiger partial charge in [-0.25, -0.2) is 4.79 Å². The number of hydrogen-bond donors (Lipinski definition) is 2. The van der Waals surface area contributed by atoms with Crippen LogP contribution >= 0.6 is 0 Å². The Balaban J connectivity index is 1.99. The Hall–Kier alpha value is -3.15. The van der Waals surface area contributed by atoms with Crippen molar-refractivity contribution in [3.05, 3.63) is 65.7 Å². The second kappa shape index (κ2) is 8.63. The first-order chi connectivity index (χ1) is 12.0. The largest absolute Gasteiger partial charge is 0.508 e. The Kier molecular flexibility index (Phi) is 6.28. The van der Waals surface area contributed by atoms with Crippen molar-refractivity contribution < 1.29 is 24.2 Å². The van der Waals surface area contributed by atoms with Gasteiger partial charge in [-0.2, -0.15) is 0 Å². The van der Waals surface area contributed by atoms with E-state index in [1.165, 1.54) is 19.1 Å². The fourth-order valence-corrected chi connectivity index (χ4v) is 2.25. The van der Waals surface area contributed by atoms with Crippen LogP contribution in [-0.2, 0) is 20.7 Å². The molecule has 0 spiro atoms. The van der Waals surface area contributed by atoms with Gasteiger partial charge < -0.3 is 15.2 Å². The van der Waals surface area contributed by atoms with Crippen molar-refractivity contribution in [1.82, 2.24) is 5.32 Å². The standard InChI is InChI=1S/C19H19NO5/c1-13(21)20-17(11-14-7-9-16(22)10-8-14)19(24)25-12-18(23)15-5-3-2-4-6-15/h2-10,17,22H,11-12H2,1H3,(H,20,21)/t17-/m0/s1. The molecular weight excluding hydrogens is 322 g/mol. The van der Waals surface area contributed by atoms with E-state index in [9.17, 15) is 19.5 Å². The average molecular weight is 341 g/mol. The van der Waals surface area contributed by atoms with Gasteiger partial charge in [0.2, 0.25) is 5.91 Å². The normalized spacial score (nSPS) is 11.4. The molecule has 0 saturated carbocycles. The molecule has 1 atom stereocenters. The lowest BCUT2D eigenvalue weighted by Gasteiger charge is -2.16. The number of ketones is 1. The zero-order valence-corrected chi connectivity index (χ0v) is 13.8. The molecule has 130 valence electrons. The van der Waals surface area contributed by atoms with Crippen LogP contribution in [-0.4, -0.2) is 35.4 Å². The number of amides is 1. The van der Waals surface area contributed by atoms with Gasteiger partial charge in [-0.1, -0.05) is 42.5 Å². The van der Waals surface area contributed by atoms with Gasteiger partial charge in [-0.05, 0) is 17.7 Å². The van der Waals surface area contributed by atoms with Gasteiger partial charge in [0.15, 0.2) is 12.4 Å².